The summed E-state index contributed by atoms with van der Waals surface area (Å²) in [6, 6.07) is 5.22. The number of carboxylic acid groups (broad SMARTS) is 1. The van der Waals surface area contributed by atoms with Crippen molar-refractivity contribution in [1.29, 1.82) is 0 Å². The minimum absolute atomic E-state index is 0.179. The highest BCUT2D eigenvalue weighted by atomic mass is 35.5. The number of halogens is 2. The van der Waals surface area contributed by atoms with E-state index in [4.69, 9.17) is 28.3 Å². The zero-order valence-corrected chi connectivity index (χ0v) is 11.0. The topological polar surface area (TPSA) is 55.1 Å². The quantitative estimate of drug-likeness (QED) is 0.941. The van der Waals surface area contributed by atoms with Gasteiger partial charge in [-0.2, -0.15) is 5.10 Å². The van der Waals surface area contributed by atoms with Crippen molar-refractivity contribution in [2.24, 2.45) is 0 Å². The molecule has 1 aromatic heterocycles. The molecule has 4 nitrogen and oxygen atoms in total. The Hall–Kier alpha value is -1.52. The van der Waals surface area contributed by atoms with E-state index in [1.54, 1.807) is 25.1 Å². The lowest BCUT2D eigenvalue weighted by atomic mass is 10.2. The number of aromatic nitrogens is 2. The third-order valence-corrected chi connectivity index (χ3v) is 3.27. The molecular formula is C12H10Cl2N2O2. The fourth-order valence-electron chi connectivity index (χ4n) is 1.65. The van der Waals surface area contributed by atoms with Crippen LogP contribution in [0.4, 0.5) is 0 Å². The number of nitrogens with zero attached hydrogens (tertiary/aromatic N) is 2. The van der Waals surface area contributed by atoms with Crippen molar-refractivity contribution in [1.82, 2.24) is 9.78 Å². The molecule has 1 aromatic carbocycles. The van der Waals surface area contributed by atoms with Gasteiger partial charge in [0, 0.05) is 21.8 Å². The van der Waals surface area contributed by atoms with Crippen molar-refractivity contribution in [2.45, 2.75) is 13.5 Å². The van der Waals surface area contributed by atoms with Crippen molar-refractivity contribution in [3.63, 3.8) is 0 Å². The van der Waals surface area contributed by atoms with Gasteiger partial charge in [-0.05, 0) is 19.1 Å². The average molecular weight is 285 g/mol. The highest BCUT2D eigenvalue weighted by Crippen LogP contribution is 2.25. The van der Waals surface area contributed by atoms with Crippen LogP contribution in [-0.2, 0) is 6.54 Å². The summed E-state index contributed by atoms with van der Waals surface area (Å²) in [5.74, 6) is -0.996. The molecule has 1 N–H and O–H groups in total. The highest BCUT2D eigenvalue weighted by Gasteiger charge is 2.13. The lowest BCUT2D eigenvalue weighted by Gasteiger charge is -2.06. The van der Waals surface area contributed by atoms with Crippen LogP contribution in [0, 0.1) is 6.92 Å². The maximum atomic E-state index is 10.9. The fourth-order valence-corrected chi connectivity index (χ4v) is 2.17. The number of carboxylic acids is 1. The maximum absolute atomic E-state index is 10.9. The van der Waals surface area contributed by atoms with Gasteiger partial charge in [-0.15, -0.1) is 0 Å². The number of hydrogen-bond acceptors (Lipinski definition) is 2. The van der Waals surface area contributed by atoms with E-state index in [-0.39, 0.29) is 5.56 Å². The Morgan fingerprint density at radius 2 is 2.00 bits per heavy atom. The Bertz CT molecular complexity index is 588. The second-order valence-corrected chi connectivity index (χ2v) is 4.65. The van der Waals surface area contributed by atoms with Crippen LogP contribution in [0.2, 0.25) is 10.0 Å². The molecule has 94 valence electrons. The van der Waals surface area contributed by atoms with Crippen molar-refractivity contribution in [2.75, 3.05) is 0 Å². The molecule has 2 aromatic rings. The standard InChI is InChI=1S/C12H10Cl2N2O2/c1-7-8(12(17)18)5-16(15-7)6-9-10(13)3-2-4-11(9)14/h2-5H,6H2,1H3,(H,17,18). The Kier molecular flexibility index (Phi) is 3.59. The first-order valence-corrected chi connectivity index (χ1v) is 5.95. The van der Waals surface area contributed by atoms with Gasteiger partial charge < -0.3 is 5.11 Å². The molecule has 0 atom stereocenters. The Morgan fingerprint density at radius 3 is 2.50 bits per heavy atom. The Labute approximate surface area is 114 Å². The molecule has 0 saturated heterocycles. The first kappa shape index (κ1) is 12.9. The monoisotopic (exact) mass is 284 g/mol. The summed E-state index contributed by atoms with van der Waals surface area (Å²) in [6.45, 7) is 1.99. The van der Waals surface area contributed by atoms with Gasteiger partial charge >= 0.3 is 5.97 Å². The third-order valence-electron chi connectivity index (χ3n) is 2.56. The van der Waals surface area contributed by atoms with Crippen molar-refractivity contribution in [3.8, 4) is 0 Å². The van der Waals surface area contributed by atoms with Crippen LogP contribution in [0.3, 0.4) is 0 Å². The number of hydrogen-bond donors (Lipinski definition) is 1. The van der Waals surface area contributed by atoms with E-state index in [9.17, 15) is 4.79 Å². The molecule has 0 amide bonds. The van der Waals surface area contributed by atoms with E-state index >= 15 is 0 Å². The smallest absolute Gasteiger partial charge is 0.339 e. The van der Waals surface area contributed by atoms with Crippen molar-refractivity contribution in [3.05, 3.63) is 51.3 Å². The van der Waals surface area contributed by atoms with E-state index in [2.05, 4.69) is 5.10 Å². The predicted octanol–water partition coefficient (Wildman–Crippen LogP) is 3.24. The van der Waals surface area contributed by atoms with Crippen LogP contribution in [-0.4, -0.2) is 20.9 Å². The van der Waals surface area contributed by atoms with Gasteiger partial charge in [0.1, 0.15) is 5.56 Å². The van der Waals surface area contributed by atoms with Gasteiger partial charge in [0.15, 0.2) is 0 Å². The zero-order chi connectivity index (χ0) is 13.3. The molecule has 0 aliphatic heterocycles. The molecule has 2 rings (SSSR count). The number of rotatable bonds is 3. The van der Waals surface area contributed by atoms with Crippen molar-refractivity contribution < 1.29 is 9.90 Å². The molecule has 1 heterocycles. The molecule has 0 saturated carbocycles. The molecule has 18 heavy (non-hydrogen) atoms. The normalized spacial score (nSPS) is 10.6. The fraction of sp³-hybridized carbons (Fsp3) is 0.167. The Morgan fingerprint density at radius 1 is 1.39 bits per heavy atom. The van der Waals surface area contributed by atoms with Crippen LogP contribution >= 0.6 is 23.2 Å². The Balaban J connectivity index is 2.35. The first-order valence-electron chi connectivity index (χ1n) is 5.19. The van der Waals surface area contributed by atoms with Crippen LogP contribution in [0.1, 0.15) is 21.6 Å². The zero-order valence-electron chi connectivity index (χ0n) is 9.52. The molecule has 0 unspecified atom stereocenters. The second kappa shape index (κ2) is 5.00. The van der Waals surface area contributed by atoms with E-state index in [0.717, 1.165) is 5.56 Å². The SMILES string of the molecule is Cc1nn(Cc2c(Cl)cccc2Cl)cc1C(=O)O. The molecule has 0 aliphatic carbocycles. The minimum atomic E-state index is -0.996. The van der Waals surface area contributed by atoms with Gasteiger partial charge in [-0.25, -0.2) is 4.79 Å². The molecule has 0 spiro atoms. The second-order valence-electron chi connectivity index (χ2n) is 3.83. The molecule has 0 radical (unpaired) electrons. The first-order chi connectivity index (χ1) is 8.49. The van der Waals surface area contributed by atoms with E-state index < -0.39 is 5.97 Å². The molecule has 6 heteroatoms. The van der Waals surface area contributed by atoms with Crippen LogP contribution in [0.5, 0.6) is 0 Å². The van der Waals surface area contributed by atoms with Crippen LogP contribution < -0.4 is 0 Å². The van der Waals surface area contributed by atoms with Crippen LogP contribution in [0.25, 0.3) is 0 Å². The van der Waals surface area contributed by atoms with Gasteiger partial charge in [-0.1, -0.05) is 29.3 Å². The van der Waals surface area contributed by atoms with Gasteiger partial charge in [0.05, 0.1) is 12.2 Å². The summed E-state index contributed by atoms with van der Waals surface area (Å²) in [5.41, 5.74) is 1.36. The molecule has 0 aliphatic rings. The lowest BCUT2D eigenvalue weighted by molar-refractivity contribution is 0.0696. The largest absolute Gasteiger partial charge is 0.478 e. The van der Waals surface area contributed by atoms with E-state index in [1.165, 1.54) is 10.9 Å². The number of carbonyl (C=O) groups is 1. The van der Waals surface area contributed by atoms with Crippen LogP contribution in [0.15, 0.2) is 24.4 Å². The minimum Gasteiger partial charge on any atom is -0.478 e. The summed E-state index contributed by atoms with van der Waals surface area (Å²) < 4.78 is 1.52. The lowest BCUT2D eigenvalue weighted by Crippen LogP contribution is -2.02. The highest BCUT2D eigenvalue weighted by molar-refractivity contribution is 6.35. The molecular weight excluding hydrogens is 275 g/mol. The van der Waals surface area contributed by atoms with Gasteiger partial charge in [-0.3, -0.25) is 4.68 Å². The predicted molar refractivity (Wildman–Crippen MR) is 69.5 cm³/mol. The van der Waals surface area contributed by atoms with E-state index in [0.29, 0.717) is 22.3 Å². The summed E-state index contributed by atoms with van der Waals surface area (Å²) in [7, 11) is 0. The van der Waals surface area contributed by atoms with Gasteiger partial charge in [0.25, 0.3) is 0 Å². The summed E-state index contributed by atoms with van der Waals surface area (Å²) in [6.07, 6.45) is 1.47. The van der Waals surface area contributed by atoms with E-state index in [1.807, 2.05) is 0 Å². The molecule has 0 fully saturated rings. The maximum Gasteiger partial charge on any atom is 0.339 e. The summed E-state index contributed by atoms with van der Waals surface area (Å²) in [4.78, 5) is 10.9. The average Bonchev–Trinajstić information content (AvgIpc) is 2.65. The molecule has 0 bridgehead atoms. The third kappa shape index (κ3) is 2.49. The number of aromatic carboxylic acids is 1. The summed E-state index contributed by atoms with van der Waals surface area (Å²) >= 11 is 12.1. The summed E-state index contributed by atoms with van der Waals surface area (Å²) in [5, 5.41) is 14.1. The van der Waals surface area contributed by atoms with Crippen molar-refractivity contribution >= 4 is 29.2 Å². The number of benzene rings is 1. The number of aryl methyl sites for hydroxylation is 1. The van der Waals surface area contributed by atoms with Gasteiger partial charge in [0.2, 0.25) is 0 Å².